The summed E-state index contributed by atoms with van der Waals surface area (Å²) in [6, 6.07) is 0.231. The lowest BCUT2D eigenvalue weighted by Gasteiger charge is -2.41. The van der Waals surface area contributed by atoms with Crippen LogP contribution < -0.4 is 5.32 Å². The van der Waals surface area contributed by atoms with Crippen LogP contribution in [0.25, 0.3) is 0 Å². The van der Waals surface area contributed by atoms with Crippen LogP contribution in [0.5, 0.6) is 0 Å². The van der Waals surface area contributed by atoms with Crippen molar-refractivity contribution in [3.8, 4) is 0 Å². The molecule has 2 aliphatic rings. The van der Waals surface area contributed by atoms with Crippen molar-refractivity contribution >= 4 is 11.8 Å². The second-order valence-electron chi connectivity index (χ2n) is 5.15. The van der Waals surface area contributed by atoms with Crippen molar-refractivity contribution < 1.29 is 9.59 Å². The number of piperazine rings is 1. The predicted molar refractivity (Wildman–Crippen MR) is 69.1 cm³/mol. The van der Waals surface area contributed by atoms with Gasteiger partial charge in [-0.2, -0.15) is 0 Å². The molecule has 1 atom stereocenters. The van der Waals surface area contributed by atoms with Gasteiger partial charge in [-0.3, -0.25) is 9.59 Å². The largest absolute Gasteiger partial charge is 0.341 e. The van der Waals surface area contributed by atoms with Gasteiger partial charge in [0.05, 0.1) is 6.54 Å². The zero-order valence-electron chi connectivity index (χ0n) is 11.2. The minimum atomic E-state index is 0.177. The Labute approximate surface area is 108 Å². The number of carbonyl (C=O) groups is 2. The Hall–Kier alpha value is -1.10. The van der Waals surface area contributed by atoms with Gasteiger partial charge in [-0.25, -0.2) is 0 Å². The van der Waals surface area contributed by atoms with Crippen LogP contribution in [0.1, 0.15) is 32.6 Å². The van der Waals surface area contributed by atoms with E-state index in [1.54, 1.807) is 0 Å². The number of hydrogen-bond acceptors (Lipinski definition) is 3. The quantitative estimate of drug-likeness (QED) is 0.782. The van der Waals surface area contributed by atoms with Crippen LogP contribution in [0.3, 0.4) is 0 Å². The van der Waals surface area contributed by atoms with Gasteiger partial charge in [0, 0.05) is 38.6 Å². The first-order valence-electron chi connectivity index (χ1n) is 7.00. The van der Waals surface area contributed by atoms with Gasteiger partial charge in [0.15, 0.2) is 0 Å². The van der Waals surface area contributed by atoms with E-state index in [1.165, 1.54) is 0 Å². The third kappa shape index (κ3) is 3.02. The third-order valence-corrected chi connectivity index (χ3v) is 3.78. The minimum Gasteiger partial charge on any atom is -0.341 e. The van der Waals surface area contributed by atoms with E-state index < -0.39 is 0 Å². The lowest BCUT2D eigenvalue weighted by molar-refractivity contribution is -0.140. The van der Waals surface area contributed by atoms with Gasteiger partial charge < -0.3 is 15.1 Å². The van der Waals surface area contributed by atoms with Crippen molar-refractivity contribution in [2.45, 2.75) is 38.6 Å². The minimum absolute atomic E-state index is 0.177. The van der Waals surface area contributed by atoms with Crippen molar-refractivity contribution in [1.29, 1.82) is 0 Å². The highest BCUT2D eigenvalue weighted by atomic mass is 16.2. The van der Waals surface area contributed by atoms with E-state index in [-0.39, 0.29) is 17.9 Å². The molecule has 5 nitrogen and oxygen atoms in total. The predicted octanol–water partition coefficient (Wildman–Crippen LogP) is 0.209. The second kappa shape index (κ2) is 6.18. The Balaban J connectivity index is 1.93. The summed E-state index contributed by atoms with van der Waals surface area (Å²) in [5.41, 5.74) is 0. The standard InChI is InChI=1S/C13H23N3O2/c1-2-4-12(17)15-7-3-5-11(10-15)16-8-6-14-9-13(16)18/h11,14H,2-10H2,1H3. The molecule has 0 radical (unpaired) electrons. The Kier molecular flexibility index (Phi) is 4.58. The van der Waals surface area contributed by atoms with Crippen molar-refractivity contribution in [2.24, 2.45) is 0 Å². The number of nitrogens with zero attached hydrogens (tertiary/aromatic N) is 2. The summed E-state index contributed by atoms with van der Waals surface area (Å²) < 4.78 is 0. The zero-order chi connectivity index (χ0) is 13.0. The molecule has 0 saturated carbocycles. The van der Waals surface area contributed by atoms with E-state index in [0.29, 0.717) is 13.0 Å². The normalized spacial score (nSPS) is 25.4. The summed E-state index contributed by atoms with van der Waals surface area (Å²) >= 11 is 0. The molecule has 18 heavy (non-hydrogen) atoms. The molecule has 1 unspecified atom stereocenters. The molecule has 1 N–H and O–H groups in total. The highest BCUT2D eigenvalue weighted by Crippen LogP contribution is 2.17. The summed E-state index contributed by atoms with van der Waals surface area (Å²) in [6.45, 7) is 5.70. The monoisotopic (exact) mass is 253 g/mol. The number of hydrogen-bond donors (Lipinski definition) is 1. The molecule has 2 saturated heterocycles. The van der Waals surface area contributed by atoms with Gasteiger partial charge in [-0.05, 0) is 19.3 Å². The van der Waals surface area contributed by atoms with Crippen LogP contribution in [0, 0.1) is 0 Å². The van der Waals surface area contributed by atoms with Gasteiger partial charge in [-0.1, -0.05) is 6.92 Å². The number of likely N-dealkylation sites (tertiary alicyclic amines) is 1. The van der Waals surface area contributed by atoms with Crippen LogP contribution >= 0.6 is 0 Å². The average molecular weight is 253 g/mol. The van der Waals surface area contributed by atoms with Gasteiger partial charge in [-0.15, -0.1) is 0 Å². The molecule has 102 valence electrons. The average Bonchev–Trinajstić information content (AvgIpc) is 2.40. The van der Waals surface area contributed by atoms with Crippen LogP contribution in [0.2, 0.25) is 0 Å². The Morgan fingerprint density at radius 3 is 3.00 bits per heavy atom. The number of nitrogens with one attached hydrogen (secondary N) is 1. The van der Waals surface area contributed by atoms with Gasteiger partial charge in [0.2, 0.25) is 11.8 Å². The molecule has 0 aromatic carbocycles. The maximum absolute atomic E-state index is 11.9. The Bertz CT molecular complexity index is 319. The van der Waals surface area contributed by atoms with Crippen molar-refractivity contribution in [2.75, 3.05) is 32.7 Å². The second-order valence-corrected chi connectivity index (χ2v) is 5.15. The highest BCUT2D eigenvalue weighted by Gasteiger charge is 2.31. The van der Waals surface area contributed by atoms with Crippen LogP contribution in [-0.2, 0) is 9.59 Å². The van der Waals surface area contributed by atoms with Crippen molar-refractivity contribution in [3.63, 3.8) is 0 Å². The molecule has 0 aromatic rings. The molecule has 0 aliphatic carbocycles. The molecule has 2 heterocycles. The zero-order valence-corrected chi connectivity index (χ0v) is 11.2. The summed E-state index contributed by atoms with van der Waals surface area (Å²) in [5, 5.41) is 3.09. The molecule has 0 spiro atoms. The van der Waals surface area contributed by atoms with Crippen molar-refractivity contribution in [1.82, 2.24) is 15.1 Å². The molecule has 0 aromatic heterocycles. The maximum atomic E-state index is 11.9. The molecule has 0 bridgehead atoms. The first-order chi connectivity index (χ1) is 8.72. The third-order valence-electron chi connectivity index (χ3n) is 3.78. The topological polar surface area (TPSA) is 52.7 Å². The lowest BCUT2D eigenvalue weighted by atomic mass is 10.0. The fourth-order valence-corrected chi connectivity index (χ4v) is 2.81. The van der Waals surface area contributed by atoms with Crippen LogP contribution in [0.15, 0.2) is 0 Å². The molecular weight excluding hydrogens is 230 g/mol. The first kappa shape index (κ1) is 13.3. The maximum Gasteiger partial charge on any atom is 0.236 e. The molecule has 2 amide bonds. The highest BCUT2D eigenvalue weighted by molar-refractivity contribution is 5.80. The number of piperidine rings is 1. The smallest absolute Gasteiger partial charge is 0.236 e. The fraction of sp³-hybridized carbons (Fsp3) is 0.846. The van der Waals surface area contributed by atoms with E-state index in [0.717, 1.165) is 45.4 Å². The first-order valence-corrected chi connectivity index (χ1v) is 7.00. The summed E-state index contributed by atoms with van der Waals surface area (Å²) in [7, 11) is 0. The number of carbonyl (C=O) groups excluding carboxylic acids is 2. The molecular formula is C13H23N3O2. The van der Waals surface area contributed by atoms with E-state index in [2.05, 4.69) is 5.32 Å². The van der Waals surface area contributed by atoms with Crippen LogP contribution in [-0.4, -0.2) is 60.4 Å². The summed E-state index contributed by atoms with van der Waals surface area (Å²) in [4.78, 5) is 27.7. The lowest BCUT2D eigenvalue weighted by Crippen LogP contribution is -2.57. The Morgan fingerprint density at radius 2 is 2.28 bits per heavy atom. The van der Waals surface area contributed by atoms with Gasteiger partial charge in [0.25, 0.3) is 0 Å². The molecule has 2 rings (SSSR count). The Morgan fingerprint density at radius 1 is 1.44 bits per heavy atom. The molecule has 5 heteroatoms. The SMILES string of the molecule is CCCC(=O)N1CCCC(N2CCNCC2=O)C1. The molecule has 2 fully saturated rings. The van der Waals surface area contributed by atoms with E-state index >= 15 is 0 Å². The van der Waals surface area contributed by atoms with Crippen molar-refractivity contribution in [3.05, 3.63) is 0 Å². The van der Waals surface area contributed by atoms with E-state index in [9.17, 15) is 9.59 Å². The number of rotatable bonds is 3. The van der Waals surface area contributed by atoms with Crippen LogP contribution in [0.4, 0.5) is 0 Å². The number of amides is 2. The fourth-order valence-electron chi connectivity index (χ4n) is 2.81. The summed E-state index contributed by atoms with van der Waals surface area (Å²) in [5.74, 6) is 0.417. The van der Waals surface area contributed by atoms with E-state index in [4.69, 9.17) is 0 Å². The molecule has 2 aliphatic heterocycles. The summed E-state index contributed by atoms with van der Waals surface area (Å²) in [6.07, 6.45) is 3.56. The van der Waals surface area contributed by atoms with Gasteiger partial charge >= 0.3 is 0 Å². The van der Waals surface area contributed by atoms with Gasteiger partial charge in [0.1, 0.15) is 0 Å². The van der Waals surface area contributed by atoms with E-state index in [1.807, 2.05) is 16.7 Å².